The molecule has 1 aromatic rings. The molecule has 0 amide bonds. The molecule has 3 aliphatic carbocycles. The Hall–Kier alpha value is -1.35. The van der Waals surface area contributed by atoms with Gasteiger partial charge in [0.05, 0.1) is 7.11 Å². The van der Waals surface area contributed by atoms with Gasteiger partial charge >= 0.3 is 5.97 Å². The van der Waals surface area contributed by atoms with Gasteiger partial charge in [0.25, 0.3) is 0 Å². The second-order valence-electron chi connectivity index (χ2n) is 6.55. The number of carbonyl (C=O) groups excluding carboxylic acids is 1. The van der Waals surface area contributed by atoms with Gasteiger partial charge in [0, 0.05) is 0 Å². The van der Waals surface area contributed by atoms with Crippen LogP contribution in [-0.4, -0.2) is 19.1 Å². The minimum atomic E-state index is -0.453. The smallest absolute Gasteiger partial charge is 0.323 e. The van der Waals surface area contributed by atoms with Crippen molar-refractivity contribution >= 4 is 5.97 Å². The summed E-state index contributed by atoms with van der Waals surface area (Å²) in [5.74, 6) is -0.270. The van der Waals surface area contributed by atoms with Crippen molar-refractivity contribution in [3.8, 4) is 0 Å². The maximum Gasteiger partial charge on any atom is 0.323 e. The molecule has 1 atom stereocenters. The van der Waals surface area contributed by atoms with Crippen LogP contribution in [-0.2, 0) is 14.9 Å². The van der Waals surface area contributed by atoms with Gasteiger partial charge < -0.3 is 10.5 Å². The zero-order valence-electron chi connectivity index (χ0n) is 11.8. The fraction of sp³-hybridized carbons (Fsp3) is 0.562. The summed E-state index contributed by atoms with van der Waals surface area (Å²) in [4.78, 5) is 11.6. The first kappa shape index (κ1) is 12.7. The molecule has 0 heterocycles. The monoisotopic (exact) mass is 259 g/mol. The average molecular weight is 259 g/mol. The number of rotatable bonds is 3. The van der Waals surface area contributed by atoms with Crippen LogP contribution >= 0.6 is 0 Å². The Labute approximate surface area is 114 Å². The molecule has 102 valence electrons. The highest BCUT2D eigenvalue weighted by Crippen LogP contribution is 2.74. The van der Waals surface area contributed by atoms with Crippen molar-refractivity contribution in [1.29, 1.82) is 0 Å². The first-order valence-electron chi connectivity index (χ1n) is 6.83. The normalized spacial score (nSPS) is 33.1. The van der Waals surface area contributed by atoms with Crippen LogP contribution in [0.1, 0.15) is 36.0 Å². The van der Waals surface area contributed by atoms with Gasteiger partial charge in [-0.05, 0) is 49.5 Å². The van der Waals surface area contributed by atoms with Gasteiger partial charge in [-0.15, -0.1) is 0 Å². The van der Waals surface area contributed by atoms with Crippen LogP contribution in [0.3, 0.4) is 0 Å². The Morgan fingerprint density at radius 1 is 1.21 bits per heavy atom. The predicted molar refractivity (Wildman–Crippen MR) is 73.9 cm³/mol. The molecule has 2 N–H and O–H groups in total. The molecule has 0 aliphatic heterocycles. The number of carbonyl (C=O) groups is 1. The molecule has 4 rings (SSSR count). The molecule has 3 aliphatic rings. The Morgan fingerprint density at radius 3 is 2.21 bits per heavy atom. The van der Waals surface area contributed by atoms with E-state index in [0.29, 0.717) is 0 Å². The number of methoxy groups -OCH3 is 1. The van der Waals surface area contributed by atoms with Gasteiger partial charge in [-0.1, -0.05) is 29.3 Å². The van der Waals surface area contributed by atoms with E-state index >= 15 is 0 Å². The van der Waals surface area contributed by atoms with Gasteiger partial charge in [0.15, 0.2) is 0 Å². The third kappa shape index (κ3) is 1.64. The van der Waals surface area contributed by atoms with Crippen molar-refractivity contribution in [1.82, 2.24) is 0 Å². The molecule has 0 spiro atoms. The van der Waals surface area contributed by atoms with Gasteiger partial charge in [-0.2, -0.15) is 0 Å². The largest absolute Gasteiger partial charge is 0.468 e. The molecular formula is C16H21NO2. The third-order valence-corrected chi connectivity index (χ3v) is 5.02. The number of nitrogens with two attached hydrogens (primary N) is 1. The Balaban J connectivity index is 1.78. The van der Waals surface area contributed by atoms with Crippen LogP contribution in [0.4, 0.5) is 0 Å². The average Bonchev–Trinajstić information content (AvgIpc) is 2.22. The maximum absolute atomic E-state index is 11.6. The van der Waals surface area contributed by atoms with E-state index in [1.165, 1.54) is 23.8 Å². The molecule has 0 radical (unpaired) electrons. The molecule has 3 saturated carbocycles. The minimum Gasteiger partial charge on any atom is -0.468 e. The van der Waals surface area contributed by atoms with Crippen LogP contribution in [0.2, 0.25) is 0 Å². The Bertz CT molecular complexity index is 510. The second kappa shape index (κ2) is 3.83. The van der Waals surface area contributed by atoms with E-state index in [1.54, 1.807) is 0 Å². The van der Waals surface area contributed by atoms with Gasteiger partial charge in [-0.3, -0.25) is 4.79 Å². The van der Waals surface area contributed by atoms with E-state index in [1.807, 2.05) is 0 Å². The zero-order valence-corrected chi connectivity index (χ0v) is 11.8. The van der Waals surface area contributed by atoms with Crippen molar-refractivity contribution in [2.75, 3.05) is 7.11 Å². The summed E-state index contributed by atoms with van der Waals surface area (Å²) < 4.78 is 4.77. The third-order valence-electron chi connectivity index (χ3n) is 5.02. The highest BCUT2D eigenvalue weighted by atomic mass is 16.5. The molecule has 0 saturated heterocycles. The van der Waals surface area contributed by atoms with Crippen molar-refractivity contribution < 1.29 is 9.53 Å². The van der Waals surface area contributed by atoms with E-state index in [0.717, 1.165) is 19.3 Å². The van der Waals surface area contributed by atoms with E-state index in [9.17, 15) is 4.79 Å². The summed E-state index contributed by atoms with van der Waals surface area (Å²) in [6, 6.07) is 6.30. The molecular weight excluding hydrogens is 238 g/mol. The van der Waals surface area contributed by atoms with Crippen molar-refractivity contribution in [3.63, 3.8) is 0 Å². The van der Waals surface area contributed by atoms with Gasteiger partial charge in [-0.25, -0.2) is 0 Å². The van der Waals surface area contributed by atoms with Crippen LogP contribution in [0, 0.1) is 19.3 Å². The second-order valence-corrected chi connectivity index (χ2v) is 6.55. The summed E-state index contributed by atoms with van der Waals surface area (Å²) in [5, 5.41) is 0. The molecule has 2 bridgehead atoms. The lowest BCUT2D eigenvalue weighted by Crippen LogP contribution is -2.72. The van der Waals surface area contributed by atoms with Crippen LogP contribution in [0.25, 0.3) is 0 Å². The number of hydrogen-bond donors (Lipinski definition) is 1. The van der Waals surface area contributed by atoms with Crippen molar-refractivity contribution in [3.05, 3.63) is 34.9 Å². The number of aryl methyl sites for hydroxylation is 2. The van der Waals surface area contributed by atoms with Crippen LogP contribution < -0.4 is 5.73 Å². The highest BCUT2D eigenvalue weighted by molar-refractivity contribution is 5.78. The number of ether oxygens (including phenoxy) is 1. The lowest BCUT2D eigenvalue weighted by molar-refractivity contribution is -0.181. The molecule has 1 unspecified atom stereocenters. The van der Waals surface area contributed by atoms with Crippen LogP contribution in [0.5, 0.6) is 0 Å². The first-order valence-corrected chi connectivity index (χ1v) is 6.83. The Morgan fingerprint density at radius 2 is 1.74 bits per heavy atom. The fourth-order valence-electron chi connectivity index (χ4n) is 4.16. The summed E-state index contributed by atoms with van der Waals surface area (Å²) >= 11 is 0. The Kier molecular flexibility index (Phi) is 2.55. The minimum absolute atomic E-state index is 0.00471. The number of esters is 1. The van der Waals surface area contributed by atoms with E-state index in [4.69, 9.17) is 10.5 Å². The lowest BCUT2D eigenvalue weighted by atomic mass is 9.31. The SMILES string of the molecule is COC(=O)C(N)C12CC(c3cc(C)cc(C)c3)(C1)C2. The van der Waals surface area contributed by atoms with Crippen LogP contribution in [0.15, 0.2) is 18.2 Å². The number of benzene rings is 1. The first-order chi connectivity index (χ1) is 8.91. The molecule has 3 fully saturated rings. The van der Waals surface area contributed by atoms with Gasteiger partial charge in [0.2, 0.25) is 0 Å². The van der Waals surface area contributed by atoms with E-state index < -0.39 is 6.04 Å². The highest BCUT2D eigenvalue weighted by Gasteiger charge is 2.71. The molecule has 0 aromatic heterocycles. The topological polar surface area (TPSA) is 52.3 Å². The van der Waals surface area contributed by atoms with E-state index in [-0.39, 0.29) is 16.8 Å². The number of hydrogen-bond acceptors (Lipinski definition) is 3. The van der Waals surface area contributed by atoms with Crippen molar-refractivity contribution in [2.24, 2.45) is 11.1 Å². The molecule has 3 heteroatoms. The predicted octanol–water partition coefficient (Wildman–Crippen LogP) is 2.23. The molecule has 3 nitrogen and oxygen atoms in total. The lowest BCUT2D eigenvalue weighted by Gasteiger charge is -2.72. The van der Waals surface area contributed by atoms with Crippen molar-refractivity contribution in [2.45, 2.75) is 44.6 Å². The molecule has 19 heavy (non-hydrogen) atoms. The van der Waals surface area contributed by atoms with E-state index in [2.05, 4.69) is 32.0 Å². The molecule has 1 aromatic carbocycles. The fourth-order valence-corrected chi connectivity index (χ4v) is 4.16. The summed E-state index contributed by atoms with van der Waals surface area (Å²) in [6.45, 7) is 4.27. The zero-order chi connectivity index (χ0) is 13.8. The summed E-state index contributed by atoms with van der Waals surface area (Å²) in [6.07, 6.45) is 3.08. The summed E-state index contributed by atoms with van der Waals surface area (Å²) in [5.41, 5.74) is 10.4. The summed E-state index contributed by atoms with van der Waals surface area (Å²) in [7, 11) is 1.41. The maximum atomic E-state index is 11.6. The quantitative estimate of drug-likeness (QED) is 0.847. The standard InChI is InChI=1S/C16H21NO2/c1-10-4-11(2)6-12(5-10)15-7-16(8-15,9-15)13(17)14(18)19-3/h4-6,13H,7-9,17H2,1-3H3. The van der Waals surface area contributed by atoms with Gasteiger partial charge in [0.1, 0.15) is 6.04 Å².